The van der Waals surface area contributed by atoms with Crippen molar-refractivity contribution in [1.82, 2.24) is 0 Å². The van der Waals surface area contributed by atoms with Crippen molar-refractivity contribution in [2.24, 2.45) is 4.99 Å². The van der Waals surface area contributed by atoms with Crippen LogP contribution in [-0.2, 0) is 0 Å². The Morgan fingerprint density at radius 3 is 2.77 bits per heavy atom. The van der Waals surface area contributed by atoms with Crippen LogP contribution in [0, 0.1) is 0 Å². The van der Waals surface area contributed by atoms with E-state index in [1.807, 2.05) is 6.07 Å². The number of phenolic OH excluding ortho intramolecular Hbond substituents is 1. The van der Waals surface area contributed by atoms with Crippen LogP contribution in [-0.4, -0.2) is 29.6 Å². The van der Waals surface area contributed by atoms with E-state index in [4.69, 9.17) is 5.11 Å². The lowest BCUT2D eigenvalue weighted by Crippen LogP contribution is -1.88. The molecule has 70 valence electrons. The highest BCUT2D eigenvalue weighted by atomic mass is 16.3. The summed E-state index contributed by atoms with van der Waals surface area (Å²) < 4.78 is 0. The van der Waals surface area contributed by atoms with Gasteiger partial charge in [0.05, 0.1) is 0 Å². The molecule has 0 aromatic heterocycles. The maximum atomic E-state index is 9.33. The van der Waals surface area contributed by atoms with E-state index in [1.165, 1.54) is 0 Å². The minimum atomic E-state index is 0.151. The van der Waals surface area contributed by atoms with Crippen LogP contribution in [0.3, 0.4) is 0 Å². The van der Waals surface area contributed by atoms with Gasteiger partial charge >= 0.3 is 0 Å². The number of nitrogens with zero attached hydrogens (tertiary/aromatic N) is 1. The number of hydrogen-bond donors (Lipinski definition) is 2. The Morgan fingerprint density at radius 2 is 2.08 bits per heavy atom. The van der Waals surface area contributed by atoms with E-state index in [1.54, 1.807) is 24.4 Å². The molecule has 0 heterocycles. The van der Waals surface area contributed by atoms with Gasteiger partial charge in [0.25, 0.3) is 0 Å². The fraction of sp³-hybridized carbons (Fsp3) is 0.300. The predicted octanol–water partition coefficient (Wildman–Crippen LogP) is 1.19. The second kappa shape index (κ2) is 5.32. The molecule has 0 aliphatic heterocycles. The molecule has 2 N–H and O–H groups in total. The molecule has 0 aliphatic carbocycles. The van der Waals surface area contributed by atoms with Crippen LogP contribution < -0.4 is 0 Å². The summed E-state index contributed by atoms with van der Waals surface area (Å²) in [6.07, 6.45) is 2.27. The number of para-hydroxylation sites is 1. The topological polar surface area (TPSA) is 52.8 Å². The van der Waals surface area contributed by atoms with E-state index < -0.39 is 0 Å². The summed E-state index contributed by atoms with van der Waals surface area (Å²) >= 11 is 0. The minimum Gasteiger partial charge on any atom is -0.507 e. The highest BCUT2D eigenvalue weighted by Gasteiger charge is 1.93. The molecule has 0 saturated heterocycles. The normalized spacial score (nSPS) is 10.8. The van der Waals surface area contributed by atoms with Crippen molar-refractivity contribution in [1.29, 1.82) is 0 Å². The van der Waals surface area contributed by atoms with E-state index in [0.29, 0.717) is 18.5 Å². The number of phenols is 1. The summed E-state index contributed by atoms with van der Waals surface area (Å²) in [4.78, 5) is 4.05. The molecule has 1 aromatic rings. The van der Waals surface area contributed by atoms with Gasteiger partial charge in [-0.15, -0.1) is 0 Å². The molecule has 1 aromatic carbocycles. The number of aliphatic hydroxyl groups excluding tert-OH is 1. The fourth-order valence-electron chi connectivity index (χ4n) is 0.922. The third kappa shape index (κ3) is 3.25. The van der Waals surface area contributed by atoms with Crippen molar-refractivity contribution in [2.45, 2.75) is 6.42 Å². The molecule has 0 fully saturated rings. The van der Waals surface area contributed by atoms with Crippen LogP contribution in [0.4, 0.5) is 0 Å². The summed E-state index contributed by atoms with van der Waals surface area (Å²) in [6, 6.07) is 7.01. The number of aromatic hydroxyl groups is 1. The molecule has 0 amide bonds. The van der Waals surface area contributed by atoms with Crippen LogP contribution in [0.15, 0.2) is 29.3 Å². The minimum absolute atomic E-state index is 0.151. The standard InChI is InChI=1S/C10H13NO2/c12-7-3-6-11-8-9-4-1-2-5-10(9)13/h1-2,4-5,8,12-13H,3,6-7H2. The van der Waals surface area contributed by atoms with Crippen LogP contribution in [0.25, 0.3) is 0 Å². The van der Waals surface area contributed by atoms with Crippen molar-refractivity contribution < 1.29 is 10.2 Å². The first-order valence-electron chi connectivity index (χ1n) is 4.23. The summed E-state index contributed by atoms with van der Waals surface area (Å²) in [5.41, 5.74) is 0.709. The zero-order chi connectivity index (χ0) is 9.52. The van der Waals surface area contributed by atoms with Crippen LogP contribution in [0.1, 0.15) is 12.0 Å². The third-order valence-corrected chi connectivity index (χ3v) is 1.61. The Morgan fingerprint density at radius 1 is 1.31 bits per heavy atom. The van der Waals surface area contributed by atoms with Crippen LogP contribution in [0.5, 0.6) is 5.75 Å². The molecule has 0 unspecified atom stereocenters. The van der Waals surface area contributed by atoms with E-state index in [2.05, 4.69) is 4.99 Å². The Labute approximate surface area is 77.4 Å². The van der Waals surface area contributed by atoms with Gasteiger partial charge in [0.1, 0.15) is 5.75 Å². The SMILES string of the molecule is OCCCN=Cc1ccccc1O. The largest absolute Gasteiger partial charge is 0.507 e. The fourth-order valence-corrected chi connectivity index (χ4v) is 0.922. The lowest BCUT2D eigenvalue weighted by atomic mass is 10.2. The zero-order valence-electron chi connectivity index (χ0n) is 7.35. The number of aliphatic imine (C=N–C) groups is 1. The molecule has 3 nitrogen and oxygen atoms in total. The van der Waals surface area contributed by atoms with E-state index in [-0.39, 0.29) is 12.4 Å². The molecule has 0 saturated carbocycles. The van der Waals surface area contributed by atoms with Gasteiger partial charge in [-0.3, -0.25) is 4.99 Å². The summed E-state index contributed by atoms with van der Waals surface area (Å²) in [7, 11) is 0. The van der Waals surface area contributed by atoms with Crippen molar-refractivity contribution in [3.63, 3.8) is 0 Å². The number of benzene rings is 1. The van der Waals surface area contributed by atoms with Gasteiger partial charge in [-0.1, -0.05) is 12.1 Å². The molecule has 0 spiro atoms. The van der Waals surface area contributed by atoms with Gasteiger partial charge in [0.2, 0.25) is 0 Å². The van der Waals surface area contributed by atoms with Crippen molar-refractivity contribution >= 4 is 6.21 Å². The first-order valence-corrected chi connectivity index (χ1v) is 4.23. The highest BCUT2D eigenvalue weighted by molar-refractivity contribution is 5.83. The predicted molar refractivity (Wildman–Crippen MR) is 52.3 cm³/mol. The molecule has 3 heteroatoms. The van der Waals surface area contributed by atoms with Gasteiger partial charge < -0.3 is 10.2 Å². The van der Waals surface area contributed by atoms with Gasteiger partial charge in [-0.05, 0) is 18.6 Å². The lowest BCUT2D eigenvalue weighted by molar-refractivity contribution is 0.291. The number of rotatable bonds is 4. The van der Waals surface area contributed by atoms with Gasteiger partial charge in [-0.25, -0.2) is 0 Å². The Kier molecular flexibility index (Phi) is 3.99. The molecular weight excluding hydrogens is 166 g/mol. The smallest absolute Gasteiger partial charge is 0.124 e. The van der Waals surface area contributed by atoms with Crippen molar-refractivity contribution in [3.05, 3.63) is 29.8 Å². The number of hydrogen-bond acceptors (Lipinski definition) is 3. The Bertz CT molecular complexity index is 284. The maximum Gasteiger partial charge on any atom is 0.124 e. The zero-order valence-corrected chi connectivity index (χ0v) is 7.35. The molecule has 1 rings (SSSR count). The maximum absolute atomic E-state index is 9.33. The van der Waals surface area contributed by atoms with Crippen molar-refractivity contribution in [3.8, 4) is 5.75 Å². The average molecular weight is 179 g/mol. The summed E-state index contributed by atoms with van der Waals surface area (Å²) in [5.74, 6) is 0.232. The Hall–Kier alpha value is -1.35. The summed E-state index contributed by atoms with van der Waals surface area (Å²) in [5, 5.41) is 17.8. The monoisotopic (exact) mass is 179 g/mol. The van der Waals surface area contributed by atoms with Gasteiger partial charge in [-0.2, -0.15) is 0 Å². The Balaban J connectivity index is 2.53. The molecule has 13 heavy (non-hydrogen) atoms. The molecule has 0 radical (unpaired) electrons. The first kappa shape index (κ1) is 9.74. The van der Waals surface area contributed by atoms with Crippen LogP contribution >= 0.6 is 0 Å². The average Bonchev–Trinajstić information content (AvgIpc) is 2.15. The lowest BCUT2D eigenvalue weighted by Gasteiger charge is -1.96. The number of aliphatic hydroxyl groups is 1. The van der Waals surface area contributed by atoms with Crippen molar-refractivity contribution in [2.75, 3.05) is 13.2 Å². The van der Waals surface area contributed by atoms with Gasteiger partial charge in [0.15, 0.2) is 0 Å². The van der Waals surface area contributed by atoms with Gasteiger partial charge in [0, 0.05) is 24.9 Å². The van der Waals surface area contributed by atoms with E-state index in [9.17, 15) is 5.11 Å². The third-order valence-electron chi connectivity index (χ3n) is 1.61. The van der Waals surface area contributed by atoms with E-state index >= 15 is 0 Å². The molecule has 0 atom stereocenters. The van der Waals surface area contributed by atoms with Crippen LogP contribution in [0.2, 0.25) is 0 Å². The quantitative estimate of drug-likeness (QED) is 0.539. The molecular formula is C10H13NO2. The molecule has 0 bridgehead atoms. The second-order valence-electron chi connectivity index (χ2n) is 2.67. The summed E-state index contributed by atoms with van der Waals surface area (Å²) in [6.45, 7) is 0.739. The first-order chi connectivity index (χ1) is 6.34. The molecule has 0 aliphatic rings. The van der Waals surface area contributed by atoms with E-state index in [0.717, 1.165) is 0 Å². The highest BCUT2D eigenvalue weighted by Crippen LogP contribution is 2.12. The second-order valence-corrected chi connectivity index (χ2v) is 2.67.